The average Bonchev–Trinajstić information content (AvgIpc) is 3.28. The molecule has 2 heterocycles. The maximum absolute atomic E-state index is 11.1. The smallest absolute Gasteiger partial charge is 0.362 e. The molecule has 0 radical (unpaired) electrons. The highest BCUT2D eigenvalue weighted by Gasteiger charge is 2.16. The zero-order chi connectivity index (χ0) is 18.8. The van der Waals surface area contributed by atoms with Gasteiger partial charge < -0.3 is 9.84 Å². The molecule has 4 aromatic rings. The van der Waals surface area contributed by atoms with Crippen LogP contribution in [0.1, 0.15) is 21.6 Å². The van der Waals surface area contributed by atoms with Crippen LogP contribution >= 0.6 is 0 Å². The second-order valence-corrected chi connectivity index (χ2v) is 5.69. The number of aromatic carboxylic acids is 1. The summed E-state index contributed by atoms with van der Waals surface area (Å²) in [6.07, 6.45) is 1.80. The number of aryl methyl sites for hydroxylation is 1. The van der Waals surface area contributed by atoms with Crippen LogP contribution in [0.2, 0.25) is 0 Å². The molecule has 0 aliphatic rings. The van der Waals surface area contributed by atoms with E-state index in [1.54, 1.807) is 29.1 Å². The molecule has 0 bridgehead atoms. The molecule has 2 N–H and O–H groups in total. The molecule has 27 heavy (non-hydrogen) atoms. The first-order valence-corrected chi connectivity index (χ1v) is 7.97. The Morgan fingerprint density at radius 1 is 1.22 bits per heavy atom. The van der Waals surface area contributed by atoms with Crippen molar-refractivity contribution >= 4 is 16.9 Å². The van der Waals surface area contributed by atoms with Crippen molar-refractivity contribution in [3.8, 4) is 23.5 Å². The molecule has 0 amide bonds. The Labute approximate surface area is 153 Å². The number of rotatable bonds is 3. The first-order chi connectivity index (χ1) is 13.1. The van der Waals surface area contributed by atoms with E-state index in [0.29, 0.717) is 5.75 Å². The summed E-state index contributed by atoms with van der Waals surface area (Å²) in [5.41, 5.74) is 2.27. The lowest BCUT2D eigenvalue weighted by molar-refractivity contribution is 0.0687. The van der Waals surface area contributed by atoms with Gasteiger partial charge in [0.1, 0.15) is 5.75 Å². The molecular weight excluding hydrogens is 346 g/mol. The van der Waals surface area contributed by atoms with Crippen LogP contribution in [-0.2, 0) is 7.05 Å². The van der Waals surface area contributed by atoms with Gasteiger partial charge in [0.05, 0.1) is 17.3 Å². The van der Waals surface area contributed by atoms with Crippen LogP contribution in [0, 0.1) is 11.8 Å². The van der Waals surface area contributed by atoms with Gasteiger partial charge in [0, 0.05) is 18.0 Å². The molecule has 0 fully saturated rings. The Morgan fingerprint density at radius 3 is 2.93 bits per heavy atom. The van der Waals surface area contributed by atoms with E-state index in [1.807, 2.05) is 31.3 Å². The molecule has 0 atom stereocenters. The van der Waals surface area contributed by atoms with Gasteiger partial charge in [-0.1, -0.05) is 35.3 Å². The van der Waals surface area contributed by atoms with Gasteiger partial charge in [-0.2, -0.15) is 5.10 Å². The number of nitrogens with one attached hydrogen (secondary N) is 1. The molecule has 0 unspecified atom stereocenters. The van der Waals surface area contributed by atoms with Gasteiger partial charge in [-0.05, 0) is 24.3 Å². The lowest BCUT2D eigenvalue weighted by Crippen LogP contribution is -1.99. The molecule has 8 heteroatoms. The number of carbonyl (C=O) groups is 1. The molecule has 132 valence electrons. The van der Waals surface area contributed by atoms with Crippen LogP contribution in [0.25, 0.3) is 10.9 Å². The summed E-state index contributed by atoms with van der Waals surface area (Å²) in [6, 6.07) is 12.9. The van der Waals surface area contributed by atoms with Gasteiger partial charge in [0.2, 0.25) is 5.69 Å². The van der Waals surface area contributed by atoms with Crippen LogP contribution in [0.4, 0.5) is 0 Å². The summed E-state index contributed by atoms with van der Waals surface area (Å²) < 4.78 is 7.33. The van der Waals surface area contributed by atoms with Gasteiger partial charge in [0.25, 0.3) is 5.88 Å². The number of hydrogen-bond acceptors (Lipinski definition) is 5. The fraction of sp³-hybridized carbons (Fsp3) is 0.0526. The molecule has 4 rings (SSSR count). The number of para-hydroxylation sites is 1. The number of fused-ring (bicyclic) bond motifs is 1. The summed E-state index contributed by atoms with van der Waals surface area (Å²) in [6.45, 7) is 0. The molecule has 0 aliphatic heterocycles. The number of benzene rings is 2. The zero-order valence-electron chi connectivity index (χ0n) is 14.2. The fourth-order valence-corrected chi connectivity index (χ4v) is 2.66. The van der Waals surface area contributed by atoms with E-state index in [-0.39, 0.29) is 11.6 Å². The Kier molecular flexibility index (Phi) is 4.03. The quantitative estimate of drug-likeness (QED) is 0.545. The summed E-state index contributed by atoms with van der Waals surface area (Å²) in [5.74, 6) is 5.42. The predicted octanol–water partition coefficient (Wildman–Crippen LogP) is 2.58. The standard InChI is InChI=1S/C19H13N5O3/c1-24-17-13(5-3-6-14(17)11-20-24)9-8-12-4-2-7-15(10-12)27-18-16(19(25)26)21-23-22-18/h2-7,10-11H,1H3,(H,25,26)(H,21,22,23). The van der Waals surface area contributed by atoms with Crippen molar-refractivity contribution in [1.29, 1.82) is 0 Å². The van der Waals surface area contributed by atoms with Crippen molar-refractivity contribution in [3.05, 3.63) is 65.5 Å². The van der Waals surface area contributed by atoms with Crippen molar-refractivity contribution in [2.45, 2.75) is 0 Å². The topological polar surface area (TPSA) is 106 Å². The Morgan fingerprint density at radius 2 is 2.07 bits per heavy atom. The van der Waals surface area contributed by atoms with E-state index in [1.165, 1.54) is 0 Å². The summed E-state index contributed by atoms with van der Waals surface area (Å²) in [7, 11) is 1.88. The van der Waals surface area contributed by atoms with Gasteiger partial charge in [-0.3, -0.25) is 4.68 Å². The lowest BCUT2D eigenvalue weighted by Gasteiger charge is -2.03. The van der Waals surface area contributed by atoms with Gasteiger partial charge >= 0.3 is 5.97 Å². The van der Waals surface area contributed by atoms with Crippen molar-refractivity contribution in [1.82, 2.24) is 25.2 Å². The summed E-state index contributed by atoms with van der Waals surface area (Å²) in [5, 5.41) is 23.7. The fourth-order valence-electron chi connectivity index (χ4n) is 2.66. The molecule has 2 aromatic carbocycles. The second-order valence-electron chi connectivity index (χ2n) is 5.69. The Balaban J connectivity index is 1.64. The number of ether oxygens (including phenoxy) is 1. The normalized spacial score (nSPS) is 10.4. The van der Waals surface area contributed by atoms with Crippen LogP contribution in [0.5, 0.6) is 11.6 Å². The van der Waals surface area contributed by atoms with Crippen LogP contribution in [-0.4, -0.2) is 36.3 Å². The molecule has 0 aliphatic carbocycles. The second kappa shape index (κ2) is 6.65. The van der Waals surface area contributed by atoms with E-state index >= 15 is 0 Å². The number of carboxylic acids is 1. The monoisotopic (exact) mass is 359 g/mol. The third kappa shape index (κ3) is 3.21. The first kappa shape index (κ1) is 16.4. The third-order valence-electron chi connectivity index (χ3n) is 3.88. The predicted molar refractivity (Wildman–Crippen MR) is 96.6 cm³/mol. The minimum Gasteiger partial charge on any atom is -0.476 e. The minimum absolute atomic E-state index is 0.0349. The largest absolute Gasteiger partial charge is 0.476 e. The maximum atomic E-state index is 11.1. The third-order valence-corrected chi connectivity index (χ3v) is 3.88. The number of hydrogen-bond donors (Lipinski definition) is 2. The van der Waals surface area contributed by atoms with Crippen molar-refractivity contribution in [2.24, 2.45) is 7.05 Å². The van der Waals surface area contributed by atoms with E-state index in [4.69, 9.17) is 9.84 Å². The first-order valence-electron chi connectivity index (χ1n) is 7.97. The van der Waals surface area contributed by atoms with E-state index in [2.05, 4.69) is 32.4 Å². The molecule has 0 saturated heterocycles. The number of aromatic amines is 1. The van der Waals surface area contributed by atoms with Crippen LogP contribution < -0.4 is 4.74 Å². The van der Waals surface area contributed by atoms with Gasteiger partial charge in [-0.15, -0.1) is 5.10 Å². The minimum atomic E-state index is -1.22. The molecule has 0 spiro atoms. The molecule has 2 aromatic heterocycles. The summed E-state index contributed by atoms with van der Waals surface area (Å²) in [4.78, 5) is 11.1. The van der Waals surface area contributed by atoms with E-state index in [0.717, 1.165) is 22.0 Å². The van der Waals surface area contributed by atoms with E-state index in [9.17, 15) is 4.79 Å². The lowest BCUT2D eigenvalue weighted by atomic mass is 10.1. The SMILES string of the molecule is Cn1ncc2cccc(C#Cc3cccc(Oc4[nH]nnc4C(=O)O)c3)c21. The highest BCUT2D eigenvalue weighted by atomic mass is 16.5. The average molecular weight is 359 g/mol. The Bertz CT molecular complexity index is 1210. The maximum Gasteiger partial charge on any atom is 0.362 e. The van der Waals surface area contributed by atoms with Crippen LogP contribution in [0.3, 0.4) is 0 Å². The molecular formula is C19H13N5O3. The van der Waals surface area contributed by atoms with Gasteiger partial charge in [0.15, 0.2) is 0 Å². The highest BCUT2D eigenvalue weighted by molar-refractivity contribution is 5.87. The van der Waals surface area contributed by atoms with Crippen LogP contribution in [0.15, 0.2) is 48.7 Å². The molecule has 8 nitrogen and oxygen atoms in total. The van der Waals surface area contributed by atoms with Crippen molar-refractivity contribution in [3.63, 3.8) is 0 Å². The number of H-pyrrole nitrogens is 1. The highest BCUT2D eigenvalue weighted by Crippen LogP contribution is 2.22. The van der Waals surface area contributed by atoms with Gasteiger partial charge in [-0.25, -0.2) is 9.89 Å². The van der Waals surface area contributed by atoms with Crippen molar-refractivity contribution < 1.29 is 14.6 Å². The Hall–Kier alpha value is -4.12. The summed E-state index contributed by atoms with van der Waals surface area (Å²) >= 11 is 0. The number of aromatic nitrogens is 5. The number of carboxylic acid groups (broad SMARTS) is 1. The zero-order valence-corrected chi connectivity index (χ0v) is 14.2. The van der Waals surface area contributed by atoms with E-state index < -0.39 is 5.97 Å². The van der Waals surface area contributed by atoms with Crippen molar-refractivity contribution in [2.75, 3.05) is 0 Å². The molecule has 0 saturated carbocycles. The number of nitrogens with zero attached hydrogens (tertiary/aromatic N) is 4.